The number of hydrogen-bond donors (Lipinski definition) is 1. The van der Waals surface area contributed by atoms with E-state index in [0.29, 0.717) is 43.1 Å². The minimum atomic E-state index is -4.48. The Bertz CT molecular complexity index is 1990. The van der Waals surface area contributed by atoms with Crippen molar-refractivity contribution in [2.24, 2.45) is 5.92 Å². The predicted octanol–water partition coefficient (Wildman–Crippen LogP) is 12.7. The molecule has 0 spiro atoms. The summed E-state index contributed by atoms with van der Waals surface area (Å²) < 4.78 is 48.7. The molecule has 416 valence electrons. The van der Waals surface area contributed by atoms with Gasteiger partial charge in [-0.25, -0.2) is 4.57 Å². The van der Waals surface area contributed by atoms with E-state index < -0.39 is 40.8 Å². The number of esters is 2. The molecule has 2 unspecified atom stereocenters. The van der Waals surface area contributed by atoms with Gasteiger partial charge in [0, 0.05) is 25.2 Å². The van der Waals surface area contributed by atoms with Gasteiger partial charge in [0.05, 0.1) is 40.0 Å². The van der Waals surface area contributed by atoms with Gasteiger partial charge in [0.1, 0.15) is 25.9 Å². The average molecular weight is 1070 g/mol. The molecule has 0 bridgehead atoms. The molecule has 0 aromatic heterocycles. The van der Waals surface area contributed by atoms with Gasteiger partial charge in [0.25, 0.3) is 8.32 Å². The number of Topliss-reactive ketones (excluding diaryl/α,β-unsaturated/α-hetero) is 1. The molecule has 1 saturated carbocycles. The zero-order valence-electron chi connectivity index (χ0n) is 46.9. The van der Waals surface area contributed by atoms with Crippen LogP contribution < -0.4 is 10.4 Å². The standard InChI is InChI=1S/C60H96NO11PSi/c1-9-11-13-15-17-18-19-20-21-22-23-25-33-41-58(63)67-47-49(48-69-73(65,66)68-44-43-61(6,7)8)70-59(64)42-34-40-55-57(71-55)45-53-52(39-32-24-16-14-12-10-2)56(46-54(53)62)72-74(60(3,4)5,50-35-28-26-29-36-50)51-37-30-27-31-38-51/h24,26-32,35-38,45,49,52,55-57H,9-23,25,33-34,39-44,46-48H2,1-8H3/p+1/b32-24-,53-45+/t49?,52-,55-,56-,57-/m1/s1. The lowest BCUT2D eigenvalue weighted by molar-refractivity contribution is -0.870. The lowest BCUT2D eigenvalue weighted by Crippen LogP contribution is -2.68. The summed E-state index contributed by atoms with van der Waals surface area (Å²) in [6.45, 7) is 10.9. The zero-order chi connectivity index (χ0) is 53.9. The van der Waals surface area contributed by atoms with Crippen LogP contribution in [-0.4, -0.2) is 107 Å². The number of rotatable bonds is 39. The van der Waals surface area contributed by atoms with Crippen molar-refractivity contribution in [3.8, 4) is 0 Å². The molecular weight excluding hydrogens is 970 g/mol. The van der Waals surface area contributed by atoms with Crippen LogP contribution in [0.4, 0.5) is 0 Å². The summed E-state index contributed by atoms with van der Waals surface area (Å²) in [5.74, 6) is -1.04. The molecule has 1 heterocycles. The first-order chi connectivity index (χ1) is 35.4. The number of epoxide rings is 1. The van der Waals surface area contributed by atoms with Gasteiger partial charge in [-0.2, -0.15) is 0 Å². The molecule has 2 aromatic rings. The smallest absolute Gasteiger partial charge is 0.462 e. The fourth-order valence-corrected chi connectivity index (χ4v) is 15.4. The molecule has 4 rings (SSSR count). The summed E-state index contributed by atoms with van der Waals surface area (Å²) in [5.41, 5.74) is 0.757. The van der Waals surface area contributed by atoms with Gasteiger partial charge in [0.2, 0.25) is 0 Å². The Morgan fingerprint density at radius 3 is 1.88 bits per heavy atom. The van der Waals surface area contributed by atoms with Crippen LogP contribution in [0.2, 0.25) is 5.04 Å². The average Bonchev–Trinajstić information content (AvgIpc) is 4.03. The van der Waals surface area contributed by atoms with Gasteiger partial charge in [0.15, 0.2) is 11.9 Å². The van der Waals surface area contributed by atoms with Crippen LogP contribution in [0, 0.1) is 5.92 Å². The molecule has 1 aliphatic carbocycles. The number of likely N-dealkylation sites (N-methyl/N-ethyl adjacent to an activating group) is 1. The van der Waals surface area contributed by atoms with E-state index in [2.05, 4.69) is 95.3 Å². The summed E-state index contributed by atoms with van der Waals surface area (Å²) in [7, 11) is -1.63. The van der Waals surface area contributed by atoms with Crippen molar-refractivity contribution in [3.05, 3.63) is 84.5 Å². The molecule has 2 fully saturated rings. The van der Waals surface area contributed by atoms with Crippen LogP contribution in [0.15, 0.2) is 84.5 Å². The van der Waals surface area contributed by atoms with Crippen LogP contribution in [0.1, 0.15) is 182 Å². The van der Waals surface area contributed by atoms with E-state index in [9.17, 15) is 23.8 Å². The molecule has 0 radical (unpaired) electrons. The summed E-state index contributed by atoms with van der Waals surface area (Å²) in [5, 5.41) is 2.10. The molecule has 1 saturated heterocycles. The Labute approximate surface area is 448 Å². The van der Waals surface area contributed by atoms with Gasteiger partial charge < -0.3 is 28.0 Å². The highest BCUT2D eigenvalue weighted by Gasteiger charge is 2.54. The summed E-state index contributed by atoms with van der Waals surface area (Å²) >= 11 is 0. The lowest BCUT2D eigenvalue weighted by Gasteiger charge is -2.45. The highest BCUT2D eigenvalue weighted by molar-refractivity contribution is 7.47. The number of carbonyl (C=O) groups excluding carboxylic acids is 3. The quantitative estimate of drug-likeness (QED) is 0.00997. The van der Waals surface area contributed by atoms with Crippen LogP contribution in [-0.2, 0) is 46.6 Å². The highest BCUT2D eigenvalue weighted by Crippen LogP contribution is 2.45. The number of phosphoric acid groups is 1. The molecule has 1 N–H and O–H groups in total. The molecule has 6 atom stereocenters. The third kappa shape index (κ3) is 23.1. The van der Waals surface area contributed by atoms with Crippen molar-refractivity contribution in [2.45, 2.75) is 212 Å². The number of allylic oxidation sites excluding steroid dienone is 2. The monoisotopic (exact) mass is 1070 g/mol. The van der Waals surface area contributed by atoms with Crippen molar-refractivity contribution in [2.75, 3.05) is 47.5 Å². The first-order valence-corrected chi connectivity index (χ1v) is 31.9. The van der Waals surface area contributed by atoms with E-state index in [1.165, 1.54) is 74.6 Å². The zero-order valence-corrected chi connectivity index (χ0v) is 48.8. The summed E-state index contributed by atoms with van der Waals surface area (Å²) in [6.07, 6.45) is 26.9. The molecule has 2 aliphatic rings. The number of ether oxygens (including phenoxy) is 3. The second-order valence-corrected chi connectivity index (χ2v) is 28.5. The Kier molecular flexibility index (Phi) is 28.3. The predicted molar refractivity (Wildman–Crippen MR) is 300 cm³/mol. The maximum absolute atomic E-state index is 14.2. The second kappa shape index (κ2) is 33.1. The van der Waals surface area contributed by atoms with Gasteiger partial charge >= 0.3 is 19.8 Å². The number of hydrogen-bond acceptors (Lipinski definition) is 10. The summed E-state index contributed by atoms with van der Waals surface area (Å²) in [6, 6.07) is 21.1. The Morgan fingerprint density at radius 1 is 0.757 bits per heavy atom. The van der Waals surface area contributed by atoms with Crippen LogP contribution in [0.5, 0.6) is 0 Å². The third-order valence-corrected chi connectivity index (χ3v) is 20.4. The van der Waals surface area contributed by atoms with E-state index in [-0.39, 0.29) is 61.1 Å². The SMILES string of the molecule is CCCCC/C=C\C[C@@H]1/C(=C\[C@H]2O[C@@H]2CCCC(=O)OC(COC(=O)CCCCCCCCCCCCCCC)COP(=O)(O)OCC[N+](C)(C)C)C(=O)C[C@H]1O[Si](c1ccccc1)(c1ccccc1)C(C)(C)C. The first-order valence-electron chi connectivity index (χ1n) is 28.5. The van der Waals surface area contributed by atoms with Gasteiger partial charge in [-0.05, 0) is 65.6 Å². The number of carbonyl (C=O) groups is 3. The molecule has 1 aliphatic heterocycles. The third-order valence-electron chi connectivity index (χ3n) is 14.3. The van der Waals surface area contributed by atoms with E-state index in [1.807, 2.05) is 39.4 Å². The minimum absolute atomic E-state index is 0.0158. The number of benzene rings is 2. The highest BCUT2D eigenvalue weighted by atomic mass is 31.2. The van der Waals surface area contributed by atoms with Crippen molar-refractivity contribution >= 4 is 44.2 Å². The van der Waals surface area contributed by atoms with E-state index in [1.54, 1.807) is 0 Å². The number of unbranched alkanes of at least 4 members (excludes halogenated alkanes) is 15. The molecule has 14 heteroatoms. The van der Waals surface area contributed by atoms with Crippen LogP contribution >= 0.6 is 7.82 Å². The van der Waals surface area contributed by atoms with E-state index in [4.69, 9.17) is 27.7 Å². The number of ketones is 1. The number of quaternary nitrogens is 1. The maximum Gasteiger partial charge on any atom is 0.472 e. The van der Waals surface area contributed by atoms with Gasteiger partial charge in [-0.3, -0.25) is 23.4 Å². The lowest BCUT2D eigenvalue weighted by atomic mass is 9.95. The number of nitrogens with zero attached hydrogens (tertiary/aromatic N) is 1. The molecule has 2 aromatic carbocycles. The second-order valence-electron chi connectivity index (χ2n) is 22.8. The normalized spacial score (nSPS) is 20.0. The Hall–Kier alpha value is -3.26. The molecule has 12 nitrogen and oxygen atoms in total. The van der Waals surface area contributed by atoms with Crippen LogP contribution in [0.25, 0.3) is 0 Å². The Morgan fingerprint density at radius 2 is 1.31 bits per heavy atom. The fraction of sp³-hybridized carbons (Fsp3) is 0.683. The maximum atomic E-state index is 14.2. The largest absolute Gasteiger partial charge is 0.472 e. The molecule has 74 heavy (non-hydrogen) atoms. The van der Waals surface area contributed by atoms with E-state index in [0.717, 1.165) is 44.1 Å². The van der Waals surface area contributed by atoms with Crippen molar-refractivity contribution in [1.82, 2.24) is 0 Å². The minimum Gasteiger partial charge on any atom is -0.462 e. The Balaban J connectivity index is 1.34. The van der Waals surface area contributed by atoms with Crippen molar-refractivity contribution < 1.29 is 56.0 Å². The summed E-state index contributed by atoms with van der Waals surface area (Å²) in [4.78, 5) is 50.6. The van der Waals surface area contributed by atoms with E-state index >= 15 is 0 Å². The molecule has 0 amide bonds. The van der Waals surface area contributed by atoms with Gasteiger partial charge in [-0.1, -0.05) is 197 Å². The first kappa shape index (κ1) is 63.3. The van der Waals surface area contributed by atoms with Gasteiger partial charge in [-0.15, -0.1) is 0 Å². The fourth-order valence-electron chi connectivity index (χ4n) is 9.97. The van der Waals surface area contributed by atoms with Crippen molar-refractivity contribution in [3.63, 3.8) is 0 Å². The number of phosphoric ester groups is 1. The van der Waals surface area contributed by atoms with Crippen LogP contribution in [0.3, 0.4) is 0 Å². The van der Waals surface area contributed by atoms with Crippen molar-refractivity contribution in [1.29, 1.82) is 0 Å². The topological polar surface area (TPSA) is 147 Å². The molecular formula is C60H97NO11PSi+.